The van der Waals surface area contributed by atoms with Gasteiger partial charge in [-0.25, -0.2) is 9.18 Å². The quantitative estimate of drug-likeness (QED) is 0.488. The second-order valence-corrected chi connectivity index (χ2v) is 9.69. The molecule has 1 heterocycles. The molecule has 8 nitrogen and oxygen atoms in total. The van der Waals surface area contributed by atoms with Gasteiger partial charge < -0.3 is 19.5 Å². The first kappa shape index (κ1) is 25.9. The summed E-state index contributed by atoms with van der Waals surface area (Å²) in [5.41, 5.74) is 1.21. The molecule has 1 aliphatic heterocycles. The zero-order valence-electron chi connectivity index (χ0n) is 20.2. The summed E-state index contributed by atoms with van der Waals surface area (Å²) >= 11 is 0. The molecule has 3 rings (SSSR count). The van der Waals surface area contributed by atoms with Crippen LogP contribution in [0.4, 0.5) is 9.18 Å². The van der Waals surface area contributed by atoms with Gasteiger partial charge in [-0.3, -0.25) is 14.4 Å². The van der Waals surface area contributed by atoms with E-state index in [1.54, 1.807) is 57.2 Å². The van der Waals surface area contributed by atoms with Crippen LogP contribution in [0.25, 0.3) is 11.1 Å². The molecule has 2 aromatic carbocycles. The highest BCUT2D eigenvalue weighted by Crippen LogP contribution is 2.26. The van der Waals surface area contributed by atoms with Gasteiger partial charge in [0.15, 0.2) is 5.78 Å². The third-order valence-corrected chi connectivity index (χ3v) is 5.03. The molecule has 0 radical (unpaired) electrons. The molecule has 1 aliphatic rings. The fraction of sp³-hybridized carbons (Fsp3) is 0.385. The maximum absolute atomic E-state index is 13.6. The van der Waals surface area contributed by atoms with Crippen molar-refractivity contribution in [3.63, 3.8) is 0 Å². The van der Waals surface area contributed by atoms with E-state index in [0.29, 0.717) is 11.1 Å². The molecule has 1 atom stereocenters. The fourth-order valence-corrected chi connectivity index (χ4v) is 3.56. The molecule has 0 unspecified atom stereocenters. The van der Waals surface area contributed by atoms with E-state index >= 15 is 0 Å². The lowest BCUT2D eigenvalue weighted by Crippen LogP contribution is -2.55. The second-order valence-electron chi connectivity index (χ2n) is 9.69. The third-order valence-electron chi connectivity index (χ3n) is 5.03. The molecule has 1 fully saturated rings. The lowest BCUT2D eigenvalue weighted by Gasteiger charge is -2.33. The number of benzene rings is 2. The SMILES string of the molecule is CC(C)(C)OC(=O)N[C@H](Cc1ccc(-c2cccc(F)c2)cc1)C(=O)C1C(=O)OC(C)(C)OC1=O. The van der Waals surface area contributed by atoms with Gasteiger partial charge in [0, 0.05) is 13.8 Å². The van der Waals surface area contributed by atoms with Crippen LogP contribution >= 0.6 is 0 Å². The highest BCUT2D eigenvalue weighted by Gasteiger charge is 2.49. The average molecular weight is 486 g/mol. The summed E-state index contributed by atoms with van der Waals surface area (Å²) in [6, 6.07) is 11.7. The number of ether oxygens (including phenoxy) is 3. The van der Waals surface area contributed by atoms with Crippen molar-refractivity contribution in [2.75, 3.05) is 0 Å². The van der Waals surface area contributed by atoms with E-state index in [1.165, 1.54) is 26.0 Å². The number of hydrogen-bond donors (Lipinski definition) is 1. The van der Waals surface area contributed by atoms with Crippen LogP contribution < -0.4 is 5.32 Å². The van der Waals surface area contributed by atoms with E-state index in [4.69, 9.17) is 14.2 Å². The Kier molecular flexibility index (Phi) is 7.28. The maximum atomic E-state index is 13.6. The van der Waals surface area contributed by atoms with Gasteiger partial charge in [0.05, 0.1) is 6.04 Å². The van der Waals surface area contributed by atoms with Gasteiger partial charge >= 0.3 is 18.0 Å². The van der Waals surface area contributed by atoms with Crippen LogP contribution in [-0.4, -0.2) is 41.2 Å². The van der Waals surface area contributed by atoms with Crippen molar-refractivity contribution in [3.05, 3.63) is 59.9 Å². The van der Waals surface area contributed by atoms with Crippen molar-refractivity contribution >= 4 is 23.8 Å². The molecule has 0 aliphatic carbocycles. The Hall–Kier alpha value is -3.75. The van der Waals surface area contributed by atoms with E-state index < -0.39 is 47.2 Å². The van der Waals surface area contributed by atoms with E-state index in [1.807, 2.05) is 0 Å². The first-order chi connectivity index (χ1) is 16.2. The van der Waals surface area contributed by atoms with Crippen LogP contribution in [0.2, 0.25) is 0 Å². The molecule has 0 aromatic heterocycles. The van der Waals surface area contributed by atoms with Gasteiger partial charge in [0.25, 0.3) is 5.79 Å². The van der Waals surface area contributed by atoms with Gasteiger partial charge in [0.2, 0.25) is 5.92 Å². The standard InChI is InChI=1S/C26H28FNO7/c1-25(2,3)35-24(32)28-19(21(29)20-22(30)33-26(4,5)34-23(20)31)13-15-9-11-16(12-10-15)17-7-6-8-18(27)14-17/h6-12,14,19-20H,13H2,1-5H3,(H,28,32)/t19-/m1/s1. The summed E-state index contributed by atoms with van der Waals surface area (Å²) < 4.78 is 28.9. The maximum Gasteiger partial charge on any atom is 0.408 e. The van der Waals surface area contributed by atoms with Crippen LogP contribution in [0.15, 0.2) is 48.5 Å². The minimum atomic E-state index is -1.84. The molecule has 0 saturated carbocycles. The minimum absolute atomic E-state index is 0.0397. The summed E-state index contributed by atoms with van der Waals surface area (Å²) in [4.78, 5) is 50.6. The highest BCUT2D eigenvalue weighted by molar-refractivity contribution is 6.17. The number of amides is 1. The predicted octanol–water partition coefficient (Wildman–Crippen LogP) is 3.95. The van der Waals surface area contributed by atoms with Crippen molar-refractivity contribution in [2.45, 2.75) is 58.5 Å². The monoisotopic (exact) mass is 485 g/mol. The zero-order valence-corrected chi connectivity index (χ0v) is 20.2. The van der Waals surface area contributed by atoms with Crippen molar-refractivity contribution in [3.8, 4) is 11.1 Å². The number of hydrogen-bond acceptors (Lipinski definition) is 7. The van der Waals surface area contributed by atoms with E-state index in [9.17, 15) is 23.6 Å². The van der Waals surface area contributed by atoms with Crippen LogP contribution in [0, 0.1) is 11.7 Å². The second kappa shape index (κ2) is 9.85. The number of carbonyl (C=O) groups is 4. The number of rotatable bonds is 6. The zero-order chi connectivity index (χ0) is 26.0. The fourth-order valence-electron chi connectivity index (χ4n) is 3.56. The number of nitrogens with one attached hydrogen (secondary N) is 1. The summed E-state index contributed by atoms with van der Waals surface area (Å²) in [6.45, 7) is 7.73. The normalized spacial score (nSPS) is 16.6. The number of ketones is 1. The Morgan fingerprint density at radius 3 is 2.17 bits per heavy atom. The van der Waals surface area contributed by atoms with Gasteiger partial charge in [-0.15, -0.1) is 0 Å². The number of Topliss-reactive ketones (excluding diaryl/α,β-unsaturated/α-hetero) is 1. The van der Waals surface area contributed by atoms with Crippen molar-refractivity contribution in [2.24, 2.45) is 5.92 Å². The van der Waals surface area contributed by atoms with E-state index in [2.05, 4.69) is 5.32 Å². The summed E-state index contributed by atoms with van der Waals surface area (Å²) in [7, 11) is 0. The number of cyclic esters (lactones) is 2. The first-order valence-electron chi connectivity index (χ1n) is 11.1. The highest BCUT2D eigenvalue weighted by atomic mass is 19.1. The van der Waals surface area contributed by atoms with Crippen LogP contribution in [0.5, 0.6) is 0 Å². The Bertz CT molecular complexity index is 1120. The Balaban J connectivity index is 1.84. The number of carbonyl (C=O) groups excluding carboxylic acids is 4. The average Bonchev–Trinajstić information content (AvgIpc) is 2.71. The molecule has 2 aromatic rings. The number of halogens is 1. The largest absolute Gasteiger partial charge is 0.444 e. The lowest BCUT2D eigenvalue weighted by molar-refractivity contribution is -0.238. The van der Waals surface area contributed by atoms with Crippen LogP contribution in [0.3, 0.4) is 0 Å². The van der Waals surface area contributed by atoms with Crippen LogP contribution in [0.1, 0.15) is 40.2 Å². The van der Waals surface area contributed by atoms with Gasteiger partial charge in [-0.2, -0.15) is 0 Å². The Morgan fingerprint density at radius 2 is 1.63 bits per heavy atom. The molecule has 1 saturated heterocycles. The van der Waals surface area contributed by atoms with Crippen molar-refractivity contribution in [1.82, 2.24) is 5.32 Å². The molecular weight excluding hydrogens is 457 g/mol. The third kappa shape index (κ3) is 6.88. The summed E-state index contributed by atoms with van der Waals surface area (Å²) in [5.74, 6) is -6.67. The predicted molar refractivity (Wildman–Crippen MR) is 123 cm³/mol. The summed E-state index contributed by atoms with van der Waals surface area (Å²) in [5, 5.41) is 2.46. The molecule has 0 bridgehead atoms. The van der Waals surface area contributed by atoms with Gasteiger partial charge in [0.1, 0.15) is 11.4 Å². The number of alkyl carbamates (subject to hydrolysis) is 1. The molecule has 186 valence electrons. The molecule has 1 N–H and O–H groups in total. The molecular formula is C26H28FNO7. The van der Waals surface area contributed by atoms with Gasteiger partial charge in [-0.1, -0.05) is 36.4 Å². The van der Waals surface area contributed by atoms with E-state index in [0.717, 1.165) is 5.56 Å². The molecule has 35 heavy (non-hydrogen) atoms. The molecule has 9 heteroatoms. The molecule has 0 spiro atoms. The Labute approximate surface area is 202 Å². The summed E-state index contributed by atoms with van der Waals surface area (Å²) in [6.07, 6.45) is -0.924. The minimum Gasteiger partial charge on any atom is -0.444 e. The Morgan fingerprint density at radius 1 is 1.03 bits per heavy atom. The lowest BCUT2D eigenvalue weighted by atomic mass is 9.92. The van der Waals surface area contributed by atoms with Crippen LogP contribution in [-0.2, 0) is 35.0 Å². The van der Waals surface area contributed by atoms with E-state index in [-0.39, 0.29) is 12.2 Å². The molecule has 1 amide bonds. The first-order valence-corrected chi connectivity index (χ1v) is 11.1. The topological polar surface area (TPSA) is 108 Å². The smallest absolute Gasteiger partial charge is 0.408 e. The number of esters is 2. The van der Waals surface area contributed by atoms with Crippen molar-refractivity contribution < 1.29 is 37.8 Å². The van der Waals surface area contributed by atoms with Crippen molar-refractivity contribution in [1.29, 1.82) is 0 Å². The van der Waals surface area contributed by atoms with Gasteiger partial charge in [-0.05, 0) is 56.0 Å².